The van der Waals surface area contributed by atoms with Crippen molar-refractivity contribution in [2.75, 3.05) is 5.32 Å². The normalized spacial score (nSPS) is 10.2. The van der Waals surface area contributed by atoms with Gasteiger partial charge in [-0.2, -0.15) is 4.39 Å². The van der Waals surface area contributed by atoms with Crippen LogP contribution in [0.1, 0.15) is 10.4 Å². The van der Waals surface area contributed by atoms with Crippen molar-refractivity contribution in [3.05, 3.63) is 45.2 Å². The Labute approximate surface area is 118 Å². The second kappa shape index (κ2) is 5.49. The fourth-order valence-corrected chi connectivity index (χ4v) is 2.07. The first kappa shape index (κ1) is 13.0. The maximum Gasteiger partial charge on any atom is 0.261 e. The van der Waals surface area contributed by atoms with Gasteiger partial charge in [0.25, 0.3) is 5.91 Å². The molecule has 18 heavy (non-hydrogen) atoms. The first-order valence-electron chi connectivity index (χ1n) is 4.68. The van der Waals surface area contributed by atoms with Gasteiger partial charge >= 0.3 is 0 Å². The quantitative estimate of drug-likeness (QED) is 0.819. The van der Waals surface area contributed by atoms with E-state index in [9.17, 15) is 9.18 Å². The molecule has 92 valence electrons. The maximum absolute atomic E-state index is 13.3. The predicted molar refractivity (Wildman–Crippen MR) is 69.6 cm³/mol. The molecule has 2 rings (SSSR count). The molecule has 0 aliphatic heterocycles. The van der Waals surface area contributed by atoms with E-state index < -0.39 is 11.9 Å². The van der Waals surface area contributed by atoms with Gasteiger partial charge in [-0.25, -0.2) is 15.0 Å². The van der Waals surface area contributed by atoms with Crippen molar-refractivity contribution in [3.63, 3.8) is 0 Å². The highest BCUT2D eigenvalue weighted by Gasteiger charge is 2.14. The van der Waals surface area contributed by atoms with Crippen LogP contribution >= 0.6 is 31.9 Å². The Bertz CT molecular complexity index is 608. The van der Waals surface area contributed by atoms with E-state index in [1.165, 1.54) is 24.5 Å². The summed E-state index contributed by atoms with van der Waals surface area (Å²) in [7, 11) is 0. The molecule has 0 unspecified atom stereocenters. The summed E-state index contributed by atoms with van der Waals surface area (Å²) in [5.74, 6) is -1.28. The van der Waals surface area contributed by atoms with E-state index in [2.05, 4.69) is 52.1 Å². The van der Waals surface area contributed by atoms with Crippen LogP contribution in [0.15, 0.2) is 33.7 Å². The molecule has 1 amide bonds. The monoisotopic (exact) mass is 374 g/mol. The number of hydrogen-bond donors (Lipinski definition) is 1. The molecule has 0 saturated heterocycles. The lowest BCUT2D eigenvalue weighted by molar-refractivity contribution is 0.102. The maximum atomic E-state index is 13.3. The van der Waals surface area contributed by atoms with Crippen molar-refractivity contribution >= 4 is 43.6 Å². The van der Waals surface area contributed by atoms with E-state index in [0.717, 1.165) is 0 Å². The van der Waals surface area contributed by atoms with Crippen LogP contribution in [0.25, 0.3) is 0 Å². The molecule has 0 aromatic carbocycles. The molecule has 2 aromatic heterocycles. The van der Waals surface area contributed by atoms with Crippen LogP contribution in [0.4, 0.5) is 10.2 Å². The van der Waals surface area contributed by atoms with Gasteiger partial charge in [0.05, 0.1) is 11.8 Å². The molecule has 5 nitrogen and oxygen atoms in total. The first-order valence-corrected chi connectivity index (χ1v) is 6.26. The Kier molecular flexibility index (Phi) is 3.97. The average molecular weight is 376 g/mol. The molecule has 0 atom stereocenters. The summed E-state index contributed by atoms with van der Waals surface area (Å²) in [5, 5.41) is 2.43. The molecule has 0 saturated carbocycles. The Hall–Kier alpha value is -1.41. The zero-order valence-electron chi connectivity index (χ0n) is 8.69. The van der Waals surface area contributed by atoms with Crippen LogP contribution in [-0.2, 0) is 0 Å². The third kappa shape index (κ3) is 2.88. The van der Waals surface area contributed by atoms with E-state index in [0.29, 0.717) is 9.21 Å². The van der Waals surface area contributed by atoms with Gasteiger partial charge in [0.15, 0.2) is 5.82 Å². The number of halogens is 3. The lowest BCUT2D eigenvalue weighted by atomic mass is 10.2. The summed E-state index contributed by atoms with van der Waals surface area (Å²) in [6.45, 7) is 0. The van der Waals surface area contributed by atoms with Crippen LogP contribution in [0.2, 0.25) is 0 Å². The molecule has 1 N–H and O–H groups in total. The van der Waals surface area contributed by atoms with Crippen LogP contribution in [-0.4, -0.2) is 20.9 Å². The number of amides is 1. The Morgan fingerprint density at radius 2 is 2.11 bits per heavy atom. The Balaban J connectivity index is 2.24. The Morgan fingerprint density at radius 1 is 1.33 bits per heavy atom. The van der Waals surface area contributed by atoms with Crippen LogP contribution < -0.4 is 5.32 Å². The summed E-state index contributed by atoms with van der Waals surface area (Å²) in [4.78, 5) is 23.1. The van der Waals surface area contributed by atoms with E-state index in [-0.39, 0.29) is 11.4 Å². The number of nitrogens with zero attached hydrogens (tertiary/aromatic N) is 3. The number of carbonyl (C=O) groups is 1. The van der Waals surface area contributed by atoms with Crippen molar-refractivity contribution in [3.8, 4) is 0 Å². The average Bonchev–Trinajstić information content (AvgIpc) is 2.33. The van der Waals surface area contributed by atoms with Gasteiger partial charge in [0, 0.05) is 6.20 Å². The van der Waals surface area contributed by atoms with Gasteiger partial charge in [-0.3, -0.25) is 4.79 Å². The number of anilines is 1. The van der Waals surface area contributed by atoms with E-state index in [4.69, 9.17) is 0 Å². The highest BCUT2D eigenvalue weighted by Crippen LogP contribution is 2.20. The molecular weight excluding hydrogens is 371 g/mol. The van der Waals surface area contributed by atoms with Crippen molar-refractivity contribution in [1.82, 2.24) is 15.0 Å². The predicted octanol–water partition coefficient (Wildman–Crippen LogP) is 2.79. The van der Waals surface area contributed by atoms with E-state index in [1.54, 1.807) is 0 Å². The lowest BCUT2D eigenvalue weighted by Crippen LogP contribution is -2.16. The first-order chi connectivity index (χ1) is 8.58. The smallest absolute Gasteiger partial charge is 0.261 e. The van der Waals surface area contributed by atoms with Crippen molar-refractivity contribution in [1.29, 1.82) is 0 Å². The van der Waals surface area contributed by atoms with Gasteiger partial charge < -0.3 is 5.32 Å². The minimum Gasteiger partial charge on any atom is -0.304 e. The molecule has 0 fully saturated rings. The van der Waals surface area contributed by atoms with Gasteiger partial charge in [-0.05, 0) is 44.0 Å². The van der Waals surface area contributed by atoms with Crippen molar-refractivity contribution in [2.24, 2.45) is 0 Å². The standard InChI is InChI=1S/C10H5Br2FN4O/c11-6-4-15-9(7(12)16-6)17-10(18)5-2-1-3-14-8(5)13/h1-4H,(H,15,17,18). The molecule has 0 spiro atoms. The topological polar surface area (TPSA) is 67.8 Å². The van der Waals surface area contributed by atoms with E-state index >= 15 is 0 Å². The summed E-state index contributed by atoms with van der Waals surface area (Å²) < 4.78 is 14.1. The van der Waals surface area contributed by atoms with Gasteiger partial charge in [-0.15, -0.1) is 0 Å². The molecule has 0 aliphatic rings. The zero-order chi connectivity index (χ0) is 13.1. The minimum atomic E-state index is -0.837. The van der Waals surface area contributed by atoms with Gasteiger partial charge in [0.2, 0.25) is 5.95 Å². The van der Waals surface area contributed by atoms with E-state index in [1.807, 2.05) is 0 Å². The largest absolute Gasteiger partial charge is 0.304 e. The summed E-state index contributed by atoms with van der Waals surface area (Å²) in [5.41, 5.74) is -0.158. The number of carbonyl (C=O) groups excluding carboxylic acids is 1. The third-order valence-electron chi connectivity index (χ3n) is 1.94. The number of nitrogens with one attached hydrogen (secondary N) is 1. The second-order valence-electron chi connectivity index (χ2n) is 3.13. The molecule has 0 radical (unpaired) electrons. The van der Waals surface area contributed by atoms with Crippen LogP contribution in [0.3, 0.4) is 0 Å². The summed E-state index contributed by atoms with van der Waals surface area (Å²) in [6.07, 6.45) is 2.68. The number of hydrogen-bond acceptors (Lipinski definition) is 4. The Morgan fingerprint density at radius 3 is 2.78 bits per heavy atom. The number of pyridine rings is 1. The van der Waals surface area contributed by atoms with Crippen LogP contribution in [0, 0.1) is 5.95 Å². The molecule has 2 heterocycles. The highest BCUT2D eigenvalue weighted by atomic mass is 79.9. The molecular formula is C10H5Br2FN4O. The zero-order valence-corrected chi connectivity index (χ0v) is 11.9. The van der Waals surface area contributed by atoms with Gasteiger partial charge in [0.1, 0.15) is 9.21 Å². The third-order valence-corrected chi connectivity index (χ3v) is 2.87. The fraction of sp³-hybridized carbons (Fsp3) is 0. The molecule has 0 bridgehead atoms. The van der Waals surface area contributed by atoms with Crippen molar-refractivity contribution in [2.45, 2.75) is 0 Å². The van der Waals surface area contributed by atoms with Crippen LogP contribution in [0.5, 0.6) is 0 Å². The molecule has 2 aromatic rings. The second-order valence-corrected chi connectivity index (χ2v) is 4.69. The van der Waals surface area contributed by atoms with Gasteiger partial charge in [-0.1, -0.05) is 0 Å². The molecule has 0 aliphatic carbocycles. The fourth-order valence-electron chi connectivity index (χ4n) is 1.16. The summed E-state index contributed by atoms with van der Waals surface area (Å²) in [6, 6.07) is 2.80. The summed E-state index contributed by atoms with van der Waals surface area (Å²) >= 11 is 6.27. The molecule has 8 heteroatoms. The highest BCUT2D eigenvalue weighted by molar-refractivity contribution is 9.11. The minimum absolute atomic E-state index is 0.158. The number of aromatic nitrogens is 3. The number of rotatable bonds is 2. The SMILES string of the molecule is O=C(Nc1ncc(Br)nc1Br)c1cccnc1F. The van der Waals surface area contributed by atoms with Crippen molar-refractivity contribution < 1.29 is 9.18 Å². The lowest BCUT2D eigenvalue weighted by Gasteiger charge is -2.06.